The van der Waals surface area contributed by atoms with Crippen LogP contribution in [0.25, 0.3) is 11.1 Å². The van der Waals surface area contributed by atoms with E-state index in [9.17, 15) is 13.2 Å². The molecule has 0 spiro atoms. The molecule has 4 rings (SSSR count). The first-order chi connectivity index (χ1) is 14.7. The summed E-state index contributed by atoms with van der Waals surface area (Å²) in [7, 11) is -2.29. The highest BCUT2D eigenvalue weighted by Gasteiger charge is 2.24. The molecule has 31 heavy (non-hydrogen) atoms. The number of hydrogen-bond donors (Lipinski definition) is 1. The van der Waals surface area contributed by atoms with Gasteiger partial charge in [0.1, 0.15) is 0 Å². The van der Waals surface area contributed by atoms with E-state index < -0.39 is 21.8 Å². The molecule has 1 atom stereocenters. The lowest BCUT2D eigenvalue weighted by atomic mass is 9.99. The minimum atomic E-state index is -3.87. The SMILES string of the molecule is CC(C)Cc1ccc([C@@H](NS(=O)(=O)c2ccc3c(c2)oc(=O)n3C)c2cccs2)cc1. The normalized spacial score (nSPS) is 13.2. The van der Waals surface area contributed by atoms with Crippen molar-refractivity contribution in [2.75, 3.05) is 0 Å². The van der Waals surface area contributed by atoms with Gasteiger partial charge in [-0.2, -0.15) is 4.72 Å². The lowest BCUT2D eigenvalue weighted by molar-refractivity contribution is 0.527. The number of rotatable bonds is 7. The van der Waals surface area contributed by atoms with Crippen LogP contribution in [0.4, 0.5) is 0 Å². The molecule has 0 aliphatic heterocycles. The summed E-state index contributed by atoms with van der Waals surface area (Å²) in [5.41, 5.74) is 2.86. The molecule has 2 aromatic carbocycles. The van der Waals surface area contributed by atoms with E-state index in [-0.39, 0.29) is 10.5 Å². The molecule has 6 nitrogen and oxygen atoms in total. The largest absolute Gasteiger partial charge is 0.419 e. The number of oxazole rings is 1. The van der Waals surface area contributed by atoms with Gasteiger partial charge in [-0.25, -0.2) is 13.2 Å². The summed E-state index contributed by atoms with van der Waals surface area (Å²) in [6.45, 7) is 4.34. The molecule has 0 saturated carbocycles. The summed E-state index contributed by atoms with van der Waals surface area (Å²) >= 11 is 1.49. The number of fused-ring (bicyclic) bond motifs is 1. The quantitative estimate of drug-likeness (QED) is 0.445. The molecule has 0 unspecified atom stereocenters. The van der Waals surface area contributed by atoms with Crippen molar-refractivity contribution >= 4 is 32.5 Å². The van der Waals surface area contributed by atoms with E-state index in [4.69, 9.17) is 4.42 Å². The molecular formula is C23H24N2O4S2. The lowest BCUT2D eigenvalue weighted by Crippen LogP contribution is -2.29. The van der Waals surface area contributed by atoms with Gasteiger partial charge in [0.2, 0.25) is 10.0 Å². The van der Waals surface area contributed by atoms with Gasteiger partial charge in [-0.3, -0.25) is 4.57 Å². The van der Waals surface area contributed by atoms with Crippen LogP contribution in [-0.4, -0.2) is 13.0 Å². The zero-order valence-electron chi connectivity index (χ0n) is 17.5. The van der Waals surface area contributed by atoms with Gasteiger partial charge in [0.15, 0.2) is 5.58 Å². The number of hydrogen-bond acceptors (Lipinski definition) is 5. The summed E-state index contributed by atoms with van der Waals surface area (Å²) in [4.78, 5) is 12.7. The molecule has 0 amide bonds. The minimum absolute atomic E-state index is 0.0485. The maximum atomic E-state index is 13.2. The van der Waals surface area contributed by atoms with Crippen LogP contribution in [-0.2, 0) is 23.5 Å². The zero-order chi connectivity index (χ0) is 22.2. The topological polar surface area (TPSA) is 81.3 Å². The number of nitrogens with zero attached hydrogens (tertiary/aromatic N) is 1. The average Bonchev–Trinajstić information content (AvgIpc) is 3.35. The maximum absolute atomic E-state index is 13.2. The zero-order valence-corrected chi connectivity index (χ0v) is 19.2. The predicted molar refractivity (Wildman–Crippen MR) is 123 cm³/mol. The highest BCUT2D eigenvalue weighted by molar-refractivity contribution is 7.89. The third-order valence-corrected chi connectivity index (χ3v) is 7.49. The minimum Gasteiger partial charge on any atom is -0.408 e. The fourth-order valence-electron chi connectivity index (χ4n) is 3.57. The van der Waals surface area contributed by atoms with Gasteiger partial charge in [-0.05, 0) is 47.0 Å². The monoisotopic (exact) mass is 456 g/mol. The second-order valence-corrected chi connectivity index (χ2v) is 10.7. The van der Waals surface area contributed by atoms with Crippen LogP contribution in [0.5, 0.6) is 0 Å². The Bertz CT molecular complexity index is 1350. The molecule has 0 fully saturated rings. The van der Waals surface area contributed by atoms with Crippen molar-refractivity contribution in [2.24, 2.45) is 13.0 Å². The summed E-state index contributed by atoms with van der Waals surface area (Å²) in [5.74, 6) is 0.0147. The number of sulfonamides is 1. The average molecular weight is 457 g/mol. The second kappa shape index (κ2) is 8.45. The van der Waals surface area contributed by atoms with E-state index in [1.54, 1.807) is 13.1 Å². The number of aromatic nitrogens is 1. The van der Waals surface area contributed by atoms with Crippen molar-refractivity contribution < 1.29 is 12.8 Å². The van der Waals surface area contributed by atoms with Crippen molar-refractivity contribution in [3.63, 3.8) is 0 Å². The highest BCUT2D eigenvalue weighted by atomic mass is 32.2. The Kier molecular flexibility index (Phi) is 5.88. The highest BCUT2D eigenvalue weighted by Crippen LogP contribution is 2.29. The van der Waals surface area contributed by atoms with Crippen LogP contribution in [0.2, 0.25) is 0 Å². The van der Waals surface area contributed by atoms with E-state index in [2.05, 4.69) is 30.7 Å². The van der Waals surface area contributed by atoms with Gasteiger partial charge in [-0.15, -0.1) is 11.3 Å². The van der Waals surface area contributed by atoms with Crippen LogP contribution in [0.3, 0.4) is 0 Å². The van der Waals surface area contributed by atoms with Crippen molar-refractivity contribution in [3.8, 4) is 0 Å². The third-order valence-electron chi connectivity index (χ3n) is 5.13. The Hall–Kier alpha value is -2.68. The molecule has 4 aromatic rings. The first-order valence-corrected chi connectivity index (χ1v) is 12.3. The molecule has 0 aliphatic rings. The molecule has 1 N–H and O–H groups in total. The van der Waals surface area contributed by atoms with Crippen molar-refractivity contribution in [1.82, 2.24) is 9.29 Å². The van der Waals surface area contributed by atoms with E-state index in [1.165, 1.54) is 33.6 Å². The van der Waals surface area contributed by atoms with E-state index in [0.717, 1.165) is 16.9 Å². The molecule has 8 heteroatoms. The first-order valence-electron chi connectivity index (χ1n) is 9.99. The molecule has 0 bridgehead atoms. The van der Waals surface area contributed by atoms with Crippen LogP contribution in [0.15, 0.2) is 74.1 Å². The van der Waals surface area contributed by atoms with Crippen molar-refractivity contribution in [3.05, 3.63) is 86.5 Å². The summed E-state index contributed by atoms with van der Waals surface area (Å²) in [6, 6.07) is 15.8. The number of nitrogens with one attached hydrogen (secondary N) is 1. The Balaban J connectivity index is 1.69. The lowest BCUT2D eigenvalue weighted by Gasteiger charge is -2.19. The van der Waals surface area contributed by atoms with Crippen LogP contribution in [0, 0.1) is 5.92 Å². The van der Waals surface area contributed by atoms with Crippen LogP contribution >= 0.6 is 11.3 Å². The summed E-state index contributed by atoms with van der Waals surface area (Å²) in [6.07, 6.45) is 0.970. The molecule has 0 saturated heterocycles. The number of thiophene rings is 1. The van der Waals surface area contributed by atoms with Gasteiger partial charge < -0.3 is 4.42 Å². The standard InChI is InChI=1S/C23H24N2O4S2/c1-15(2)13-16-6-8-17(9-7-16)22(21-5-4-12-30-21)24-31(27,28)18-10-11-19-20(14-18)29-23(26)25(19)3/h4-12,14-15,22,24H,13H2,1-3H3/t22-/m1/s1. The fraction of sp³-hybridized carbons (Fsp3) is 0.261. The van der Waals surface area contributed by atoms with E-state index in [0.29, 0.717) is 11.4 Å². The van der Waals surface area contributed by atoms with Crippen LogP contribution in [0.1, 0.15) is 35.9 Å². The van der Waals surface area contributed by atoms with Gasteiger partial charge in [0, 0.05) is 18.0 Å². The van der Waals surface area contributed by atoms with E-state index >= 15 is 0 Å². The Labute approximate surface area is 185 Å². The van der Waals surface area contributed by atoms with Crippen molar-refractivity contribution in [2.45, 2.75) is 31.2 Å². The third kappa shape index (κ3) is 4.51. The van der Waals surface area contributed by atoms with Gasteiger partial charge >= 0.3 is 5.76 Å². The molecule has 2 heterocycles. The molecular weight excluding hydrogens is 432 g/mol. The molecule has 0 radical (unpaired) electrons. The molecule has 162 valence electrons. The molecule has 2 aromatic heterocycles. The number of aryl methyl sites for hydroxylation is 1. The second-order valence-electron chi connectivity index (χ2n) is 7.97. The van der Waals surface area contributed by atoms with Crippen LogP contribution < -0.4 is 10.5 Å². The summed E-state index contributed by atoms with van der Waals surface area (Å²) in [5, 5.41) is 1.93. The summed E-state index contributed by atoms with van der Waals surface area (Å²) < 4.78 is 35.8. The maximum Gasteiger partial charge on any atom is 0.419 e. The van der Waals surface area contributed by atoms with Gasteiger partial charge in [0.25, 0.3) is 0 Å². The van der Waals surface area contributed by atoms with Gasteiger partial charge in [-0.1, -0.05) is 44.2 Å². The van der Waals surface area contributed by atoms with Gasteiger partial charge in [0.05, 0.1) is 16.5 Å². The Morgan fingerprint density at radius 1 is 1.10 bits per heavy atom. The Morgan fingerprint density at radius 3 is 2.48 bits per heavy atom. The number of benzene rings is 2. The fourth-order valence-corrected chi connectivity index (χ4v) is 5.66. The molecule has 0 aliphatic carbocycles. The Morgan fingerprint density at radius 2 is 1.84 bits per heavy atom. The van der Waals surface area contributed by atoms with Crippen molar-refractivity contribution in [1.29, 1.82) is 0 Å². The predicted octanol–water partition coefficient (Wildman–Crippen LogP) is 4.46. The first kappa shape index (κ1) is 21.5. The van der Waals surface area contributed by atoms with E-state index in [1.807, 2.05) is 29.6 Å². The smallest absolute Gasteiger partial charge is 0.408 e.